The largest absolute Gasteiger partial charge is 0.756 e. The predicted molar refractivity (Wildman–Crippen MR) is 279 cm³/mol. The highest BCUT2D eigenvalue weighted by molar-refractivity contribution is 7.45. The van der Waals surface area contributed by atoms with Crippen LogP contribution >= 0.6 is 7.82 Å². The summed E-state index contributed by atoms with van der Waals surface area (Å²) in [7, 11) is 1.25. The Morgan fingerprint density at radius 2 is 0.938 bits per heavy atom. The van der Waals surface area contributed by atoms with Gasteiger partial charge in [0.05, 0.1) is 39.9 Å². The molecule has 0 bridgehead atoms. The second kappa shape index (κ2) is 46.0. The zero-order valence-electron chi connectivity index (χ0n) is 41.9. The predicted octanol–water partition coefficient (Wildman–Crippen LogP) is 14.4. The maximum absolute atomic E-state index is 12.9. The number of allylic oxidation sites excluding steroid dienone is 20. The van der Waals surface area contributed by atoms with Crippen molar-refractivity contribution in [1.29, 1.82) is 0 Å². The molecular weight excluding hydrogens is 828 g/mol. The molecule has 2 N–H and O–H groups in total. The molecule has 8 nitrogen and oxygen atoms in total. The van der Waals surface area contributed by atoms with Gasteiger partial charge in [0.2, 0.25) is 5.91 Å². The first-order valence-electron chi connectivity index (χ1n) is 25.4. The van der Waals surface area contributed by atoms with E-state index in [9.17, 15) is 19.4 Å². The van der Waals surface area contributed by atoms with E-state index >= 15 is 0 Å². The Labute approximate surface area is 399 Å². The lowest BCUT2D eigenvalue weighted by Gasteiger charge is -2.30. The normalized spacial score (nSPS) is 15.1. The molecule has 0 fully saturated rings. The molecule has 0 spiro atoms. The lowest BCUT2D eigenvalue weighted by Crippen LogP contribution is -2.46. The number of hydrogen-bond donors (Lipinski definition) is 2. The minimum atomic E-state index is -4.58. The minimum absolute atomic E-state index is 0.00369. The molecule has 0 aliphatic heterocycles. The molecule has 0 aliphatic rings. The smallest absolute Gasteiger partial charge is 0.268 e. The lowest BCUT2D eigenvalue weighted by molar-refractivity contribution is -0.870. The van der Waals surface area contributed by atoms with Crippen LogP contribution in [0.4, 0.5) is 0 Å². The van der Waals surface area contributed by atoms with Crippen LogP contribution in [0.5, 0.6) is 0 Å². The number of aliphatic hydroxyl groups is 1. The van der Waals surface area contributed by atoms with E-state index in [0.29, 0.717) is 30.3 Å². The van der Waals surface area contributed by atoms with Crippen molar-refractivity contribution < 1.29 is 32.9 Å². The molecule has 9 heteroatoms. The van der Waals surface area contributed by atoms with Gasteiger partial charge in [-0.2, -0.15) is 0 Å². The zero-order chi connectivity index (χ0) is 47.8. The van der Waals surface area contributed by atoms with Gasteiger partial charge in [0.1, 0.15) is 13.2 Å². The summed E-state index contributed by atoms with van der Waals surface area (Å²) in [6, 6.07) is -0.831. The van der Waals surface area contributed by atoms with Crippen LogP contribution in [-0.4, -0.2) is 68.5 Å². The fourth-order valence-electron chi connectivity index (χ4n) is 6.48. The van der Waals surface area contributed by atoms with Gasteiger partial charge in [0.25, 0.3) is 7.82 Å². The number of unbranched alkanes of at least 4 members (excludes halogenated alkanes) is 11. The number of carbonyl (C=O) groups is 1. The molecule has 0 rings (SSSR count). The number of phosphoric ester groups is 1. The van der Waals surface area contributed by atoms with Crippen molar-refractivity contribution in [3.63, 3.8) is 0 Å². The van der Waals surface area contributed by atoms with Crippen LogP contribution in [0, 0.1) is 0 Å². The van der Waals surface area contributed by atoms with Gasteiger partial charge in [0, 0.05) is 6.42 Å². The second-order valence-electron chi connectivity index (χ2n) is 17.8. The SMILES string of the molecule is CC/C=C\C/C=C\C/C=C\C/C=C\C/C=C\C/C=C\C/C=C\C/C=C\C/C=C\C/C=C\CCCCC(=O)NC(COP(=O)([O-])OCC[N+](C)(C)C)C(O)CCCCCCCCCCCC. The number of hydrogen-bond acceptors (Lipinski definition) is 6. The van der Waals surface area contributed by atoms with Crippen LogP contribution in [-0.2, 0) is 18.4 Å². The quantitative estimate of drug-likeness (QED) is 0.0273. The summed E-state index contributed by atoms with van der Waals surface area (Å²) in [5, 5.41) is 13.8. The molecule has 0 heterocycles. The van der Waals surface area contributed by atoms with E-state index in [1.165, 1.54) is 44.9 Å². The van der Waals surface area contributed by atoms with Crippen molar-refractivity contribution in [2.45, 2.75) is 187 Å². The monoisotopic (exact) mass is 923 g/mol. The first-order valence-corrected chi connectivity index (χ1v) is 26.8. The molecule has 3 atom stereocenters. The number of quaternary nitrogens is 1. The van der Waals surface area contributed by atoms with Crippen molar-refractivity contribution in [1.82, 2.24) is 5.32 Å². The average Bonchev–Trinajstić information content (AvgIpc) is 3.26. The Hall–Kier alpha value is -3.10. The van der Waals surface area contributed by atoms with E-state index in [2.05, 4.69) is 141 Å². The van der Waals surface area contributed by atoms with Gasteiger partial charge in [-0.1, -0.05) is 200 Å². The molecule has 65 heavy (non-hydrogen) atoms. The van der Waals surface area contributed by atoms with Crippen molar-refractivity contribution in [2.75, 3.05) is 40.9 Å². The lowest BCUT2D eigenvalue weighted by atomic mass is 10.0. The third kappa shape index (κ3) is 48.6. The second-order valence-corrected chi connectivity index (χ2v) is 19.2. The average molecular weight is 923 g/mol. The van der Waals surface area contributed by atoms with Gasteiger partial charge < -0.3 is 28.8 Å². The summed E-state index contributed by atoms with van der Waals surface area (Å²) in [5.41, 5.74) is 0. The number of phosphoric acid groups is 1. The van der Waals surface area contributed by atoms with Crippen LogP contribution < -0.4 is 10.2 Å². The zero-order valence-corrected chi connectivity index (χ0v) is 42.8. The molecule has 0 aromatic heterocycles. The molecule has 370 valence electrons. The first kappa shape index (κ1) is 61.9. The van der Waals surface area contributed by atoms with E-state index < -0.39 is 20.0 Å². The van der Waals surface area contributed by atoms with E-state index in [1.807, 2.05) is 21.1 Å². The van der Waals surface area contributed by atoms with E-state index in [0.717, 1.165) is 96.3 Å². The van der Waals surface area contributed by atoms with Crippen molar-refractivity contribution >= 4 is 13.7 Å². The van der Waals surface area contributed by atoms with Gasteiger partial charge >= 0.3 is 0 Å². The molecule has 0 radical (unpaired) electrons. The third-order valence-electron chi connectivity index (χ3n) is 10.5. The molecule has 0 saturated heterocycles. The van der Waals surface area contributed by atoms with E-state index in [-0.39, 0.29) is 19.1 Å². The Balaban J connectivity index is 4.27. The summed E-state index contributed by atoms with van der Waals surface area (Å²) in [4.78, 5) is 25.3. The van der Waals surface area contributed by atoms with Crippen molar-refractivity contribution in [3.05, 3.63) is 122 Å². The van der Waals surface area contributed by atoms with Gasteiger partial charge in [0.15, 0.2) is 0 Å². The number of nitrogens with one attached hydrogen (secondary N) is 1. The standard InChI is InChI=1S/C56H95N2O6P/c1-6-8-10-12-14-16-18-19-20-21-22-23-24-25-26-27-28-29-30-31-32-33-34-35-36-37-38-39-40-42-44-46-48-50-56(60)57-54(53-64-65(61,62)63-52-51-58(3,4)5)55(59)49-47-45-43-41-17-15-13-11-9-7-2/h8,10,14,16,19-20,22-23,25-26,28-29,31-32,34-35,37-38,40,42,54-55,59H,6-7,9,11-13,15,17-18,21,24,27,30,33,36,39,41,43-53H2,1-5H3,(H-,57,60,61,62)/b10-8-,16-14-,20-19-,23-22-,26-25-,29-28-,32-31-,35-34-,38-37-,42-40-. The highest BCUT2D eigenvalue weighted by Gasteiger charge is 2.24. The molecular formula is C56H95N2O6P. The van der Waals surface area contributed by atoms with Crippen LogP contribution in [0.1, 0.15) is 174 Å². The molecule has 0 aromatic rings. The van der Waals surface area contributed by atoms with Crippen molar-refractivity contribution in [3.8, 4) is 0 Å². The summed E-state index contributed by atoms with van der Waals surface area (Å²) < 4.78 is 23.2. The van der Waals surface area contributed by atoms with Crippen molar-refractivity contribution in [2.24, 2.45) is 0 Å². The maximum Gasteiger partial charge on any atom is 0.268 e. The van der Waals surface area contributed by atoms with Crippen LogP contribution in [0.2, 0.25) is 0 Å². The maximum atomic E-state index is 12.9. The topological polar surface area (TPSA) is 108 Å². The summed E-state index contributed by atoms with van der Waals surface area (Å²) >= 11 is 0. The number of likely N-dealkylation sites (N-methyl/N-ethyl adjacent to an activating group) is 1. The molecule has 0 saturated carbocycles. The van der Waals surface area contributed by atoms with Gasteiger partial charge in [-0.3, -0.25) is 9.36 Å². The number of aliphatic hydroxyl groups excluding tert-OH is 1. The summed E-state index contributed by atoms with van der Waals surface area (Å²) in [6.45, 7) is 4.52. The molecule has 0 aliphatic carbocycles. The Morgan fingerprint density at radius 3 is 1.34 bits per heavy atom. The van der Waals surface area contributed by atoms with E-state index in [4.69, 9.17) is 9.05 Å². The molecule has 0 aromatic carbocycles. The number of carbonyl (C=O) groups excluding carboxylic acids is 1. The van der Waals surface area contributed by atoms with Gasteiger partial charge in [-0.05, 0) is 89.9 Å². The Morgan fingerprint density at radius 1 is 0.554 bits per heavy atom. The fraction of sp³-hybridized carbons (Fsp3) is 0.625. The highest BCUT2D eigenvalue weighted by Crippen LogP contribution is 2.38. The Bertz CT molecular complexity index is 1460. The number of rotatable bonds is 44. The van der Waals surface area contributed by atoms with Crippen LogP contribution in [0.25, 0.3) is 0 Å². The summed E-state index contributed by atoms with van der Waals surface area (Å²) in [6.07, 6.45) is 68.0. The van der Waals surface area contributed by atoms with E-state index in [1.54, 1.807) is 0 Å². The third-order valence-corrected chi connectivity index (χ3v) is 11.4. The van der Waals surface area contributed by atoms with Crippen LogP contribution in [0.3, 0.4) is 0 Å². The van der Waals surface area contributed by atoms with Gasteiger partial charge in [-0.15, -0.1) is 0 Å². The molecule has 1 amide bonds. The minimum Gasteiger partial charge on any atom is -0.756 e. The first-order chi connectivity index (χ1) is 31.5. The Kier molecular flexibility index (Phi) is 43.8. The van der Waals surface area contributed by atoms with Crippen LogP contribution in [0.15, 0.2) is 122 Å². The highest BCUT2D eigenvalue weighted by atomic mass is 31.2. The number of amides is 1. The molecule has 3 unspecified atom stereocenters. The fourth-order valence-corrected chi connectivity index (χ4v) is 7.20. The summed E-state index contributed by atoms with van der Waals surface area (Å²) in [5.74, 6) is -0.215. The van der Waals surface area contributed by atoms with Gasteiger partial charge in [-0.25, -0.2) is 0 Å². The number of nitrogens with zero attached hydrogens (tertiary/aromatic N) is 1.